The van der Waals surface area contributed by atoms with Crippen LogP contribution in [0.5, 0.6) is 0 Å². The van der Waals surface area contributed by atoms with Crippen LogP contribution in [0.2, 0.25) is 0 Å². The minimum atomic E-state index is -1.34. The third kappa shape index (κ3) is 4.15. The van der Waals surface area contributed by atoms with E-state index in [9.17, 15) is 9.59 Å². The van der Waals surface area contributed by atoms with E-state index in [-0.39, 0.29) is 6.54 Å². The Labute approximate surface area is 97.4 Å². The Kier molecular flexibility index (Phi) is 4.53. The van der Waals surface area contributed by atoms with Crippen LogP contribution in [0.25, 0.3) is 0 Å². The van der Waals surface area contributed by atoms with Crippen molar-refractivity contribution < 1.29 is 24.2 Å². The molecule has 1 aromatic rings. The minimum Gasteiger partial charge on any atom is -0.480 e. The summed E-state index contributed by atoms with van der Waals surface area (Å²) in [6.45, 7) is 1.43. The van der Waals surface area contributed by atoms with Crippen LogP contribution >= 0.6 is 0 Å². The monoisotopic (exact) mass is 242 g/mol. The van der Waals surface area contributed by atoms with Gasteiger partial charge in [-0.15, -0.1) is 0 Å². The second-order valence-corrected chi connectivity index (χ2v) is 3.46. The number of hydrogen-bond donors (Lipinski definition) is 4. The average molecular weight is 242 g/mol. The third-order valence-electron chi connectivity index (χ3n) is 2.04. The highest BCUT2D eigenvalue weighted by atomic mass is 16.4. The number of hydrogen-bond acceptors (Lipinski definition) is 4. The van der Waals surface area contributed by atoms with Crippen molar-refractivity contribution in [2.75, 3.05) is 0 Å². The molecule has 4 N–H and O–H groups in total. The van der Waals surface area contributed by atoms with E-state index in [1.54, 1.807) is 12.1 Å². The maximum absolute atomic E-state index is 11.3. The summed E-state index contributed by atoms with van der Waals surface area (Å²) in [4.78, 5) is 22.0. The lowest BCUT2D eigenvalue weighted by atomic mass is 10.2. The van der Waals surface area contributed by atoms with E-state index in [2.05, 4.69) is 10.6 Å². The topological polar surface area (TPSA) is 112 Å². The molecule has 94 valence electrons. The maximum atomic E-state index is 11.3. The molecule has 17 heavy (non-hydrogen) atoms. The van der Waals surface area contributed by atoms with E-state index in [4.69, 9.17) is 14.6 Å². The average Bonchev–Trinajstić information content (AvgIpc) is 2.74. The molecule has 1 heterocycles. The van der Waals surface area contributed by atoms with E-state index in [0.717, 1.165) is 0 Å². The Morgan fingerprint density at radius 1 is 1.53 bits per heavy atom. The molecular formula is C10H14N2O5. The molecule has 0 aliphatic carbocycles. The first-order chi connectivity index (χ1) is 8.00. The molecule has 0 saturated carbocycles. The number of urea groups is 1. The van der Waals surface area contributed by atoms with Crippen molar-refractivity contribution in [3.63, 3.8) is 0 Å². The first-order valence-electron chi connectivity index (χ1n) is 4.98. The van der Waals surface area contributed by atoms with Crippen LogP contribution in [0.1, 0.15) is 12.7 Å². The van der Waals surface area contributed by atoms with Gasteiger partial charge in [0.15, 0.2) is 6.04 Å². The van der Waals surface area contributed by atoms with Gasteiger partial charge in [0, 0.05) is 0 Å². The van der Waals surface area contributed by atoms with Crippen LogP contribution in [0.15, 0.2) is 22.8 Å². The summed E-state index contributed by atoms with van der Waals surface area (Å²) in [5, 5.41) is 22.4. The maximum Gasteiger partial charge on any atom is 0.328 e. The van der Waals surface area contributed by atoms with Gasteiger partial charge < -0.3 is 25.3 Å². The highest BCUT2D eigenvalue weighted by Gasteiger charge is 2.24. The number of carbonyl (C=O) groups is 2. The van der Waals surface area contributed by atoms with Crippen LogP contribution in [-0.4, -0.2) is 34.4 Å². The number of carboxylic acid groups (broad SMARTS) is 1. The highest BCUT2D eigenvalue weighted by Crippen LogP contribution is 1.98. The molecule has 2 amide bonds. The first kappa shape index (κ1) is 13.0. The van der Waals surface area contributed by atoms with Gasteiger partial charge in [-0.1, -0.05) is 0 Å². The predicted octanol–water partition coefficient (Wildman–Crippen LogP) is -0.0872. The summed E-state index contributed by atoms with van der Waals surface area (Å²) in [6.07, 6.45) is 0.284. The molecule has 0 radical (unpaired) electrons. The van der Waals surface area contributed by atoms with Crippen LogP contribution in [0.4, 0.5) is 4.79 Å². The number of aliphatic carboxylic acids is 1. The van der Waals surface area contributed by atoms with Crippen molar-refractivity contribution in [2.24, 2.45) is 0 Å². The lowest BCUT2D eigenvalue weighted by Crippen LogP contribution is -2.50. The smallest absolute Gasteiger partial charge is 0.328 e. The number of aliphatic hydroxyl groups is 1. The molecule has 0 spiro atoms. The Bertz CT molecular complexity index is 374. The van der Waals surface area contributed by atoms with Crippen LogP contribution in [0.3, 0.4) is 0 Å². The summed E-state index contributed by atoms with van der Waals surface area (Å²) < 4.78 is 4.98. The van der Waals surface area contributed by atoms with Crippen molar-refractivity contribution in [2.45, 2.75) is 25.6 Å². The number of amides is 2. The molecule has 0 aromatic carbocycles. The molecule has 0 fully saturated rings. The molecule has 0 aliphatic rings. The molecular weight excluding hydrogens is 228 g/mol. The molecule has 0 saturated heterocycles. The van der Waals surface area contributed by atoms with Gasteiger partial charge >= 0.3 is 12.0 Å². The summed E-state index contributed by atoms with van der Waals surface area (Å²) in [6, 6.07) is 1.32. The third-order valence-corrected chi connectivity index (χ3v) is 2.04. The number of aliphatic hydroxyl groups excluding tert-OH is 1. The zero-order valence-corrected chi connectivity index (χ0v) is 9.21. The van der Waals surface area contributed by atoms with Crippen LogP contribution < -0.4 is 10.6 Å². The zero-order chi connectivity index (χ0) is 12.8. The molecule has 0 aliphatic heterocycles. The fraction of sp³-hybridized carbons (Fsp3) is 0.400. The van der Waals surface area contributed by atoms with Crippen molar-refractivity contribution in [1.29, 1.82) is 0 Å². The van der Waals surface area contributed by atoms with Gasteiger partial charge in [-0.25, -0.2) is 9.59 Å². The number of nitrogens with one attached hydrogen (secondary N) is 2. The van der Waals surface area contributed by atoms with Crippen molar-refractivity contribution in [3.05, 3.63) is 24.2 Å². The van der Waals surface area contributed by atoms with Crippen LogP contribution in [0, 0.1) is 0 Å². The van der Waals surface area contributed by atoms with Crippen molar-refractivity contribution >= 4 is 12.0 Å². The Balaban J connectivity index is 2.40. The quantitative estimate of drug-likeness (QED) is 0.576. The first-order valence-corrected chi connectivity index (χ1v) is 4.98. The van der Waals surface area contributed by atoms with Crippen molar-refractivity contribution in [1.82, 2.24) is 10.6 Å². The van der Waals surface area contributed by atoms with E-state index in [1.165, 1.54) is 13.2 Å². The zero-order valence-electron chi connectivity index (χ0n) is 9.21. The fourth-order valence-corrected chi connectivity index (χ4v) is 1.16. The lowest BCUT2D eigenvalue weighted by molar-refractivity contribution is -0.141. The van der Waals surface area contributed by atoms with Gasteiger partial charge in [0.1, 0.15) is 5.76 Å². The Hall–Kier alpha value is -2.02. The minimum absolute atomic E-state index is 0.144. The summed E-state index contributed by atoms with van der Waals surface area (Å²) in [5.74, 6) is -0.753. The van der Waals surface area contributed by atoms with E-state index in [1.807, 2.05) is 0 Å². The fourth-order valence-electron chi connectivity index (χ4n) is 1.16. The molecule has 7 nitrogen and oxygen atoms in total. The summed E-state index contributed by atoms with van der Waals surface area (Å²) in [7, 11) is 0. The molecule has 2 unspecified atom stereocenters. The number of furan rings is 1. The summed E-state index contributed by atoms with van der Waals surface area (Å²) in [5.41, 5.74) is 0. The van der Waals surface area contributed by atoms with Gasteiger partial charge in [0.25, 0.3) is 0 Å². The van der Waals surface area contributed by atoms with Crippen molar-refractivity contribution in [3.8, 4) is 0 Å². The standard InChI is InChI=1S/C10H14N2O5/c1-6(13)8(9(14)15)12-10(16)11-5-7-3-2-4-17-7/h2-4,6,8,13H,5H2,1H3,(H,14,15)(H2,11,12,16). The van der Waals surface area contributed by atoms with Gasteiger partial charge in [0.2, 0.25) is 0 Å². The predicted molar refractivity (Wildman–Crippen MR) is 57.2 cm³/mol. The van der Waals surface area contributed by atoms with E-state index < -0.39 is 24.1 Å². The molecule has 1 aromatic heterocycles. The van der Waals surface area contributed by atoms with Gasteiger partial charge in [-0.2, -0.15) is 0 Å². The number of carboxylic acids is 1. The molecule has 0 bridgehead atoms. The van der Waals surface area contributed by atoms with Gasteiger partial charge in [-0.05, 0) is 19.1 Å². The Morgan fingerprint density at radius 3 is 2.71 bits per heavy atom. The lowest BCUT2D eigenvalue weighted by Gasteiger charge is -2.17. The number of rotatable bonds is 5. The molecule has 7 heteroatoms. The van der Waals surface area contributed by atoms with E-state index >= 15 is 0 Å². The highest BCUT2D eigenvalue weighted by molar-refractivity contribution is 5.82. The van der Waals surface area contributed by atoms with Crippen LogP contribution in [-0.2, 0) is 11.3 Å². The normalized spacial score (nSPS) is 13.8. The van der Waals surface area contributed by atoms with Gasteiger partial charge in [0.05, 0.1) is 18.9 Å². The second kappa shape index (κ2) is 5.90. The molecule has 1 rings (SSSR count). The second-order valence-electron chi connectivity index (χ2n) is 3.46. The van der Waals surface area contributed by atoms with E-state index in [0.29, 0.717) is 5.76 Å². The molecule has 2 atom stereocenters. The largest absolute Gasteiger partial charge is 0.480 e. The Morgan fingerprint density at radius 2 is 2.24 bits per heavy atom. The SMILES string of the molecule is CC(O)C(NC(=O)NCc1ccco1)C(=O)O. The van der Waals surface area contributed by atoms with Gasteiger partial charge in [-0.3, -0.25) is 0 Å². The number of carbonyl (C=O) groups excluding carboxylic acids is 1. The summed E-state index contributed by atoms with van der Waals surface area (Å²) >= 11 is 0.